The molecule has 1 aromatic carbocycles. The number of carbonyl (C=O) groups excluding carboxylic acids is 1. The summed E-state index contributed by atoms with van der Waals surface area (Å²) in [5.41, 5.74) is 1.70. The highest BCUT2D eigenvalue weighted by Gasteiger charge is 2.15. The molecule has 124 valence electrons. The fraction of sp³-hybridized carbons (Fsp3) is 0.412. The van der Waals surface area contributed by atoms with Gasteiger partial charge < -0.3 is 15.4 Å². The van der Waals surface area contributed by atoms with Crippen molar-refractivity contribution in [2.24, 2.45) is 5.92 Å². The zero-order valence-corrected chi connectivity index (χ0v) is 14.8. The highest BCUT2D eigenvalue weighted by Crippen LogP contribution is 2.23. The number of ether oxygens (including phenoxy) is 1. The van der Waals surface area contributed by atoms with Crippen molar-refractivity contribution in [2.45, 2.75) is 27.3 Å². The van der Waals surface area contributed by atoms with Crippen LogP contribution in [0.25, 0.3) is 0 Å². The van der Waals surface area contributed by atoms with Crippen LogP contribution < -0.4 is 15.4 Å². The second kappa shape index (κ2) is 7.97. The van der Waals surface area contributed by atoms with E-state index in [0.717, 1.165) is 28.7 Å². The third-order valence-corrected chi connectivity index (χ3v) is 4.41. The molecule has 0 aliphatic rings. The molecule has 2 aromatic rings. The molecule has 0 radical (unpaired) electrons. The molecular weight excluding hydrogens is 310 g/mol. The van der Waals surface area contributed by atoms with Crippen LogP contribution >= 0.6 is 11.3 Å². The van der Waals surface area contributed by atoms with Crippen molar-refractivity contribution in [3.8, 4) is 5.75 Å². The standard InChI is InChI=1S/C17H23N3O2S/c1-11(2)9-19-17-20-12(3)15(23-17)16(21)18-10-13-7-5-6-8-14(13)22-4/h5-8,11H,9-10H2,1-4H3,(H,18,21)(H,19,20). The zero-order valence-electron chi connectivity index (χ0n) is 14.0. The van der Waals surface area contributed by atoms with E-state index in [1.807, 2.05) is 31.2 Å². The Morgan fingerprint density at radius 2 is 2.09 bits per heavy atom. The van der Waals surface area contributed by atoms with Gasteiger partial charge >= 0.3 is 0 Å². The van der Waals surface area contributed by atoms with E-state index in [4.69, 9.17) is 4.74 Å². The number of rotatable bonds is 7. The third-order valence-electron chi connectivity index (χ3n) is 3.30. The van der Waals surface area contributed by atoms with Crippen LogP contribution in [0.3, 0.4) is 0 Å². The Balaban J connectivity index is 2.00. The second-order valence-corrected chi connectivity index (χ2v) is 6.70. The Morgan fingerprint density at radius 3 is 2.78 bits per heavy atom. The number of methoxy groups -OCH3 is 1. The lowest BCUT2D eigenvalue weighted by molar-refractivity contribution is 0.0954. The van der Waals surface area contributed by atoms with Crippen molar-refractivity contribution in [2.75, 3.05) is 19.0 Å². The van der Waals surface area contributed by atoms with E-state index >= 15 is 0 Å². The van der Waals surface area contributed by atoms with E-state index in [0.29, 0.717) is 17.3 Å². The van der Waals surface area contributed by atoms with Crippen molar-refractivity contribution in [3.63, 3.8) is 0 Å². The Hall–Kier alpha value is -2.08. The number of benzene rings is 1. The lowest BCUT2D eigenvalue weighted by atomic mass is 10.2. The van der Waals surface area contributed by atoms with Crippen LogP contribution in [0.15, 0.2) is 24.3 Å². The largest absolute Gasteiger partial charge is 0.496 e. The summed E-state index contributed by atoms with van der Waals surface area (Å²) >= 11 is 1.39. The number of amides is 1. The molecule has 0 aliphatic carbocycles. The van der Waals surface area contributed by atoms with E-state index in [1.54, 1.807) is 7.11 Å². The van der Waals surface area contributed by atoms with Gasteiger partial charge in [-0.2, -0.15) is 0 Å². The van der Waals surface area contributed by atoms with Gasteiger partial charge in [0, 0.05) is 18.7 Å². The number of nitrogens with one attached hydrogen (secondary N) is 2. The first-order valence-electron chi connectivity index (χ1n) is 7.62. The molecule has 2 rings (SSSR count). The fourth-order valence-electron chi connectivity index (χ4n) is 2.08. The quantitative estimate of drug-likeness (QED) is 0.814. The molecule has 23 heavy (non-hydrogen) atoms. The Labute approximate surface area is 141 Å². The lowest BCUT2D eigenvalue weighted by Crippen LogP contribution is -2.22. The van der Waals surface area contributed by atoms with Crippen molar-refractivity contribution in [1.82, 2.24) is 10.3 Å². The van der Waals surface area contributed by atoms with Gasteiger partial charge in [-0.1, -0.05) is 43.4 Å². The first-order valence-corrected chi connectivity index (χ1v) is 8.44. The summed E-state index contributed by atoms with van der Waals surface area (Å²) in [6.45, 7) is 7.39. The number of aromatic nitrogens is 1. The van der Waals surface area contributed by atoms with Crippen LogP contribution in [0.2, 0.25) is 0 Å². The molecule has 0 saturated carbocycles. The first kappa shape index (κ1) is 17.3. The summed E-state index contributed by atoms with van der Waals surface area (Å²) in [6.07, 6.45) is 0. The smallest absolute Gasteiger partial charge is 0.263 e. The van der Waals surface area contributed by atoms with E-state index in [2.05, 4.69) is 29.5 Å². The van der Waals surface area contributed by atoms with Gasteiger partial charge in [0.2, 0.25) is 0 Å². The molecule has 1 heterocycles. The number of para-hydroxylation sites is 1. The average Bonchev–Trinajstić information content (AvgIpc) is 2.92. The minimum absolute atomic E-state index is 0.108. The van der Waals surface area contributed by atoms with E-state index in [1.165, 1.54) is 11.3 Å². The molecular formula is C17H23N3O2S. The normalized spacial score (nSPS) is 10.7. The third kappa shape index (κ3) is 4.69. The van der Waals surface area contributed by atoms with E-state index in [9.17, 15) is 4.79 Å². The molecule has 0 bridgehead atoms. The van der Waals surface area contributed by atoms with Gasteiger partial charge in [0.1, 0.15) is 10.6 Å². The van der Waals surface area contributed by atoms with Crippen LogP contribution in [-0.2, 0) is 6.54 Å². The maximum Gasteiger partial charge on any atom is 0.263 e. The van der Waals surface area contributed by atoms with Gasteiger partial charge in [0.25, 0.3) is 5.91 Å². The van der Waals surface area contributed by atoms with E-state index in [-0.39, 0.29) is 5.91 Å². The van der Waals surface area contributed by atoms with E-state index < -0.39 is 0 Å². The minimum Gasteiger partial charge on any atom is -0.496 e. The number of anilines is 1. The maximum absolute atomic E-state index is 12.4. The van der Waals surface area contributed by atoms with Crippen molar-refractivity contribution >= 4 is 22.4 Å². The fourth-order valence-corrected chi connectivity index (χ4v) is 2.97. The van der Waals surface area contributed by atoms with Gasteiger partial charge in [-0.15, -0.1) is 0 Å². The number of aryl methyl sites for hydroxylation is 1. The van der Waals surface area contributed by atoms with Crippen LogP contribution in [0.1, 0.15) is 34.8 Å². The predicted molar refractivity (Wildman–Crippen MR) is 94.3 cm³/mol. The molecule has 5 nitrogen and oxygen atoms in total. The summed E-state index contributed by atoms with van der Waals surface area (Å²) in [5.74, 6) is 1.19. The van der Waals surface area contributed by atoms with Gasteiger partial charge in [0.15, 0.2) is 5.13 Å². The van der Waals surface area contributed by atoms with Gasteiger partial charge in [-0.05, 0) is 18.9 Å². The van der Waals surface area contributed by atoms with Crippen LogP contribution in [0.4, 0.5) is 5.13 Å². The molecule has 0 unspecified atom stereocenters. The second-order valence-electron chi connectivity index (χ2n) is 5.70. The SMILES string of the molecule is COc1ccccc1CNC(=O)c1sc(NCC(C)C)nc1C. The first-order chi connectivity index (χ1) is 11.0. The van der Waals surface area contributed by atoms with Crippen molar-refractivity contribution in [3.05, 3.63) is 40.4 Å². The molecule has 0 spiro atoms. The summed E-state index contributed by atoms with van der Waals surface area (Å²) in [5, 5.41) is 6.98. The molecule has 1 amide bonds. The molecule has 2 N–H and O–H groups in total. The van der Waals surface area contributed by atoms with Crippen LogP contribution in [-0.4, -0.2) is 24.5 Å². The average molecular weight is 333 g/mol. The summed E-state index contributed by atoms with van der Waals surface area (Å²) in [6, 6.07) is 7.65. The highest BCUT2D eigenvalue weighted by atomic mass is 32.1. The van der Waals surface area contributed by atoms with Gasteiger partial charge in [0.05, 0.1) is 12.8 Å². The number of hydrogen-bond acceptors (Lipinski definition) is 5. The predicted octanol–water partition coefficient (Wildman–Crippen LogP) is 3.46. The van der Waals surface area contributed by atoms with Crippen molar-refractivity contribution in [1.29, 1.82) is 0 Å². The number of carbonyl (C=O) groups is 1. The summed E-state index contributed by atoms with van der Waals surface area (Å²) in [7, 11) is 1.63. The van der Waals surface area contributed by atoms with Gasteiger partial charge in [-0.25, -0.2) is 4.98 Å². The molecule has 1 aromatic heterocycles. The monoisotopic (exact) mass is 333 g/mol. The molecule has 0 aliphatic heterocycles. The number of nitrogens with zero attached hydrogens (tertiary/aromatic N) is 1. The highest BCUT2D eigenvalue weighted by molar-refractivity contribution is 7.17. The molecule has 0 fully saturated rings. The Bertz CT molecular complexity index is 668. The van der Waals surface area contributed by atoms with Crippen LogP contribution in [0.5, 0.6) is 5.75 Å². The molecule has 0 atom stereocenters. The number of thiazole rings is 1. The Morgan fingerprint density at radius 1 is 1.35 bits per heavy atom. The Kier molecular flexibility index (Phi) is 5.98. The topological polar surface area (TPSA) is 63.2 Å². The minimum atomic E-state index is -0.108. The molecule has 0 saturated heterocycles. The zero-order chi connectivity index (χ0) is 16.8. The summed E-state index contributed by atoms with van der Waals surface area (Å²) in [4.78, 5) is 17.4. The molecule has 6 heteroatoms. The lowest BCUT2D eigenvalue weighted by Gasteiger charge is -2.09. The summed E-state index contributed by atoms with van der Waals surface area (Å²) < 4.78 is 5.29. The van der Waals surface area contributed by atoms with Crippen molar-refractivity contribution < 1.29 is 9.53 Å². The maximum atomic E-state index is 12.4. The number of hydrogen-bond donors (Lipinski definition) is 2. The van der Waals surface area contributed by atoms with Crippen LogP contribution in [0, 0.1) is 12.8 Å². The van der Waals surface area contributed by atoms with Gasteiger partial charge in [-0.3, -0.25) is 4.79 Å².